The van der Waals surface area contributed by atoms with E-state index in [0.29, 0.717) is 16.8 Å². The van der Waals surface area contributed by atoms with Crippen LogP contribution in [0.1, 0.15) is 20.3 Å². The number of amides is 1. The van der Waals surface area contributed by atoms with E-state index in [9.17, 15) is 9.59 Å². The van der Waals surface area contributed by atoms with Gasteiger partial charge in [0.2, 0.25) is 5.91 Å². The topological polar surface area (TPSA) is 88.0 Å². The average molecular weight is 302 g/mol. The fourth-order valence-electron chi connectivity index (χ4n) is 1.39. The quantitative estimate of drug-likeness (QED) is 0.786. The first-order valence-corrected chi connectivity index (χ1v) is 6.14. The molecule has 0 aliphatic heterocycles. The van der Waals surface area contributed by atoms with Gasteiger partial charge in [-0.05, 0) is 34.3 Å². The molecule has 0 bridgehead atoms. The highest BCUT2D eigenvalue weighted by Gasteiger charge is 2.16. The van der Waals surface area contributed by atoms with Crippen LogP contribution in [0.2, 0.25) is 0 Å². The van der Waals surface area contributed by atoms with E-state index in [-0.39, 0.29) is 17.2 Å². The third-order valence-corrected chi connectivity index (χ3v) is 2.65. The number of rotatable bonds is 4. The van der Waals surface area contributed by atoms with Crippen molar-refractivity contribution in [2.75, 3.05) is 5.32 Å². The van der Waals surface area contributed by atoms with Crippen molar-refractivity contribution in [3.8, 4) is 0 Å². The van der Waals surface area contributed by atoms with Gasteiger partial charge in [-0.2, -0.15) is 0 Å². The molecular formula is C11H16BrN3O2. The molecule has 0 fully saturated rings. The van der Waals surface area contributed by atoms with Crippen LogP contribution in [0, 0.1) is 5.92 Å². The van der Waals surface area contributed by atoms with Crippen LogP contribution in [0.4, 0.5) is 5.69 Å². The SMILES string of the molecule is CC(C)C[C@H](N)C(=O)Nc1cc(Br)c[nH]c1=O. The van der Waals surface area contributed by atoms with Crippen molar-refractivity contribution in [2.24, 2.45) is 11.7 Å². The number of hydrogen-bond acceptors (Lipinski definition) is 3. The Bertz CT molecular complexity index is 456. The first-order chi connectivity index (χ1) is 7.90. The highest BCUT2D eigenvalue weighted by Crippen LogP contribution is 2.11. The summed E-state index contributed by atoms with van der Waals surface area (Å²) in [7, 11) is 0. The summed E-state index contributed by atoms with van der Waals surface area (Å²) in [5, 5.41) is 2.52. The van der Waals surface area contributed by atoms with E-state index in [1.165, 1.54) is 6.20 Å². The van der Waals surface area contributed by atoms with Gasteiger partial charge in [-0.25, -0.2) is 0 Å². The Kier molecular flexibility index (Phi) is 4.89. The van der Waals surface area contributed by atoms with Gasteiger partial charge in [0.15, 0.2) is 0 Å². The predicted octanol–water partition coefficient (Wildman–Crippen LogP) is 1.45. The lowest BCUT2D eigenvalue weighted by Gasteiger charge is -2.13. The minimum Gasteiger partial charge on any atom is -0.326 e. The minimum atomic E-state index is -0.603. The molecule has 1 heterocycles. The zero-order valence-electron chi connectivity index (χ0n) is 9.79. The lowest BCUT2D eigenvalue weighted by atomic mass is 10.0. The van der Waals surface area contributed by atoms with Crippen LogP contribution >= 0.6 is 15.9 Å². The molecule has 4 N–H and O–H groups in total. The third kappa shape index (κ3) is 4.32. The average Bonchev–Trinajstić information content (AvgIpc) is 2.22. The highest BCUT2D eigenvalue weighted by atomic mass is 79.9. The molecule has 1 rings (SSSR count). The largest absolute Gasteiger partial charge is 0.326 e. The van der Waals surface area contributed by atoms with Gasteiger partial charge in [-0.15, -0.1) is 0 Å². The molecule has 6 heteroatoms. The van der Waals surface area contributed by atoms with Gasteiger partial charge in [0.25, 0.3) is 5.56 Å². The van der Waals surface area contributed by atoms with Crippen molar-refractivity contribution < 1.29 is 4.79 Å². The third-order valence-electron chi connectivity index (χ3n) is 2.19. The maximum atomic E-state index is 11.7. The van der Waals surface area contributed by atoms with E-state index >= 15 is 0 Å². The molecule has 0 radical (unpaired) electrons. The van der Waals surface area contributed by atoms with Crippen LogP contribution in [0.5, 0.6) is 0 Å². The Hall–Kier alpha value is -1.14. The summed E-state index contributed by atoms with van der Waals surface area (Å²) in [6, 6.07) is 0.937. The maximum Gasteiger partial charge on any atom is 0.271 e. The van der Waals surface area contributed by atoms with Gasteiger partial charge in [0, 0.05) is 10.7 Å². The van der Waals surface area contributed by atoms with Crippen LogP contribution in [-0.2, 0) is 4.79 Å². The Labute approximate surface area is 108 Å². The van der Waals surface area contributed by atoms with Crippen LogP contribution in [0.15, 0.2) is 21.5 Å². The molecule has 1 aromatic rings. The molecule has 5 nitrogen and oxygen atoms in total. The number of aromatic amines is 1. The van der Waals surface area contributed by atoms with Crippen molar-refractivity contribution >= 4 is 27.5 Å². The summed E-state index contributed by atoms with van der Waals surface area (Å²) in [5.74, 6) is -0.0150. The van der Waals surface area contributed by atoms with Crippen LogP contribution in [-0.4, -0.2) is 16.9 Å². The smallest absolute Gasteiger partial charge is 0.271 e. The summed E-state index contributed by atoms with van der Waals surface area (Å²) in [5.41, 5.74) is 5.57. The lowest BCUT2D eigenvalue weighted by Crippen LogP contribution is -2.37. The lowest BCUT2D eigenvalue weighted by molar-refractivity contribution is -0.117. The first-order valence-electron chi connectivity index (χ1n) is 5.35. The summed E-state index contributed by atoms with van der Waals surface area (Å²) in [4.78, 5) is 25.6. The molecule has 0 unspecified atom stereocenters. The minimum absolute atomic E-state index is 0.198. The molecule has 0 aromatic carbocycles. The van der Waals surface area contributed by atoms with Crippen molar-refractivity contribution in [1.82, 2.24) is 4.98 Å². The van der Waals surface area contributed by atoms with E-state index in [2.05, 4.69) is 26.2 Å². The fourth-order valence-corrected chi connectivity index (χ4v) is 1.73. The van der Waals surface area contributed by atoms with Crippen LogP contribution in [0.3, 0.4) is 0 Å². The number of pyridine rings is 1. The molecule has 1 aromatic heterocycles. The van der Waals surface area contributed by atoms with Crippen LogP contribution in [0.25, 0.3) is 0 Å². The summed E-state index contributed by atoms with van der Waals surface area (Å²) in [6.45, 7) is 3.97. The normalized spacial score (nSPS) is 12.5. The fraction of sp³-hybridized carbons (Fsp3) is 0.455. The van der Waals surface area contributed by atoms with E-state index in [1.54, 1.807) is 6.07 Å². The van der Waals surface area contributed by atoms with Crippen molar-refractivity contribution in [3.05, 3.63) is 27.1 Å². The predicted molar refractivity (Wildman–Crippen MR) is 70.8 cm³/mol. The molecule has 0 saturated carbocycles. The number of nitrogens with one attached hydrogen (secondary N) is 2. The van der Waals surface area contributed by atoms with Gasteiger partial charge in [-0.1, -0.05) is 13.8 Å². The molecule has 17 heavy (non-hydrogen) atoms. The number of carbonyl (C=O) groups excluding carboxylic acids is 1. The van der Waals surface area contributed by atoms with Crippen molar-refractivity contribution in [2.45, 2.75) is 26.3 Å². The number of halogens is 1. The number of H-pyrrole nitrogens is 1. The molecule has 0 saturated heterocycles. The van der Waals surface area contributed by atoms with Gasteiger partial charge in [0.05, 0.1) is 6.04 Å². The molecule has 94 valence electrons. The van der Waals surface area contributed by atoms with Crippen molar-refractivity contribution in [1.29, 1.82) is 0 Å². The van der Waals surface area contributed by atoms with Gasteiger partial charge >= 0.3 is 0 Å². The molecule has 1 atom stereocenters. The molecule has 0 aliphatic carbocycles. The zero-order chi connectivity index (χ0) is 13.0. The summed E-state index contributed by atoms with van der Waals surface area (Å²) < 4.78 is 0.685. The summed E-state index contributed by atoms with van der Waals surface area (Å²) in [6.07, 6.45) is 2.09. The van der Waals surface area contributed by atoms with E-state index < -0.39 is 6.04 Å². The number of aromatic nitrogens is 1. The van der Waals surface area contributed by atoms with Gasteiger partial charge in [-0.3, -0.25) is 9.59 Å². The second kappa shape index (κ2) is 5.97. The molecule has 0 aliphatic rings. The Morgan fingerprint density at radius 2 is 2.24 bits per heavy atom. The van der Waals surface area contributed by atoms with Crippen LogP contribution < -0.4 is 16.6 Å². The number of nitrogens with two attached hydrogens (primary N) is 1. The number of hydrogen-bond donors (Lipinski definition) is 3. The van der Waals surface area contributed by atoms with E-state index in [4.69, 9.17) is 5.73 Å². The highest BCUT2D eigenvalue weighted by molar-refractivity contribution is 9.10. The Morgan fingerprint density at radius 3 is 2.82 bits per heavy atom. The monoisotopic (exact) mass is 301 g/mol. The van der Waals surface area contributed by atoms with Crippen molar-refractivity contribution in [3.63, 3.8) is 0 Å². The first kappa shape index (κ1) is 13.9. The molecule has 0 spiro atoms. The van der Waals surface area contributed by atoms with Gasteiger partial charge < -0.3 is 16.0 Å². The van der Waals surface area contributed by atoms with E-state index in [1.807, 2.05) is 13.8 Å². The second-order valence-corrected chi connectivity index (χ2v) is 5.20. The molecule has 1 amide bonds. The van der Waals surface area contributed by atoms with Gasteiger partial charge in [0.1, 0.15) is 5.69 Å². The zero-order valence-corrected chi connectivity index (χ0v) is 11.4. The van der Waals surface area contributed by atoms with E-state index in [0.717, 1.165) is 0 Å². The number of carbonyl (C=O) groups is 1. The second-order valence-electron chi connectivity index (χ2n) is 4.29. The molecular weight excluding hydrogens is 286 g/mol. The Morgan fingerprint density at radius 1 is 1.59 bits per heavy atom. The number of anilines is 1. The summed E-state index contributed by atoms with van der Waals surface area (Å²) >= 11 is 3.21. The standard InChI is InChI=1S/C11H16BrN3O2/c1-6(2)3-8(13)10(16)15-9-4-7(12)5-14-11(9)17/h4-6,8H,3,13H2,1-2H3,(H,14,17)(H,15,16)/t8-/m0/s1. The Balaban J connectivity index is 2.74. The maximum absolute atomic E-state index is 11.7.